The first kappa shape index (κ1) is 45.5. The van der Waals surface area contributed by atoms with Crippen LogP contribution in [0.3, 0.4) is 0 Å². The monoisotopic (exact) mass is 1010 g/mol. The molecular formula is C55H59BN5OPt-. The van der Waals surface area contributed by atoms with Gasteiger partial charge in [0.2, 0.25) is 0 Å². The minimum Gasteiger partial charge on any atom is -0.681 e. The molecule has 0 saturated carbocycles. The zero-order chi connectivity index (χ0) is 44.4. The molecule has 4 heterocycles. The Labute approximate surface area is 390 Å². The minimum absolute atomic E-state index is 0. The van der Waals surface area contributed by atoms with Crippen molar-refractivity contribution in [3.63, 3.8) is 0 Å². The Morgan fingerprint density at radius 2 is 1.10 bits per heavy atom. The predicted molar refractivity (Wildman–Crippen MR) is 261 cm³/mol. The van der Waals surface area contributed by atoms with Gasteiger partial charge in [-0.1, -0.05) is 168 Å². The van der Waals surface area contributed by atoms with Crippen LogP contribution in [0.1, 0.15) is 105 Å². The third-order valence-electron chi connectivity index (χ3n) is 12.0. The molecule has 0 amide bonds. The molecule has 7 aromatic rings. The largest absolute Gasteiger partial charge is 0.681 e. The minimum atomic E-state index is -0.639. The molecular weight excluding hydrogens is 953 g/mol. The zero-order valence-corrected chi connectivity index (χ0v) is 41.1. The predicted octanol–water partition coefficient (Wildman–Crippen LogP) is 14.0. The molecule has 1 N–H and O–H groups in total. The molecule has 0 spiro atoms. The molecule has 0 radical (unpaired) electrons. The molecule has 0 fully saturated rings. The van der Waals surface area contributed by atoms with Gasteiger partial charge in [0.05, 0.1) is 17.1 Å². The van der Waals surface area contributed by atoms with E-state index in [0.717, 1.165) is 78.4 Å². The van der Waals surface area contributed by atoms with E-state index in [0.29, 0.717) is 5.82 Å². The quantitative estimate of drug-likeness (QED) is 0.168. The van der Waals surface area contributed by atoms with Gasteiger partial charge in [-0.2, -0.15) is 0 Å². The molecule has 3 aromatic heterocycles. The van der Waals surface area contributed by atoms with Crippen LogP contribution in [-0.2, 0) is 42.7 Å². The van der Waals surface area contributed by atoms with Gasteiger partial charge in [-0.25, -0.2) is 9.97 Å². The number of phenols is 1. The summed E-state index contributed by atoms with van der Waals surface area (Å²) in [4.78, 5) is 17.7. The van der Waals surface area contributed by atoms with Crippen molar-refractivity contribution in [2.45, 2.75) is 105 Å². The van der Waals surface area contributed by atoms with Crippen LogP contribution in [0, 0.1) is 0 Å². The van der Waals surface area contributed by atoms with E-state index in [1.807, 2.05) is 30.6 Å². The van der Waals surface area contributed by atoms with Crippen molar-refractivity contribution in [3.05, 3.63) is 161 Å². The SMILES string of the molecule is CC(C)(C)c1cc(-c2cc(-c3ccccc3)ccn2)nc(-c2ccnc3c2[N-]B(c2cc(C(C)(C)C)cc(C(C)(C)C)c2O)N3c2ccc(C(C)(C)C)cc2-c2ccccc2)c1.[Pt]. The Hall–Kier alpha value is -5.52. The first-order valence-electron chi connectivity index (χ1n) is 21.8. The molecule has 6 nitrogen and oxygen atoms in total. The van der Waals surface area contributed by atoms with E-state index >= 15 is 0 Å². The van der Waals surface area contributed by atoms with E-state index in [-0.39, 0.29) is 48.5 Å². The topological polar surface area (TPSA) is 76.2 Å². The fraction of sp³-hybridized carbons (Fsp3) is 0.291. The maximum absolute atomic E-state index is 12.5. The van der Waals surface area contributed by atoms with Crippen molar-refractivity contribution in [2.75, 3.05) is 4.81 Å². The van der Waals surface area contributed by atoms with Crippen LogP contribution in [0.25, 0.3) is 50.1 Å². The average molecular weight is 1010 g/mol. The van der Waals surface area contributed by atoms with Gasteiger partial charge in [-0.3, -0.25) is 4.98 Å². The van der Waals surface area contributed by atoms with E-state index in [2.05, 4.69) is 191 Å². The summed E-state index contributed by atoms with van der Waals surface area (Å²) in [6.07, 6.45) is 3.74. The molecule has 0 bridgehead atoms. The Morgan fingerprint density at radius 3 is 1.71 bits per heavy atom. The van der Waals surface area contributed by atoms with E-state index < -0.39 is 6.98 Å². The normalized spacial score (nSPS) is 13.1. The Kier molecular flexibility index (Phi) is 12.2. The summed E-state index contributed by atoms with van der Waals surface area (Å²) >= 11 is 0. The first-order chi connectivity index (χ1) is 29.2. The average Bonchev–Trinajstić information content (AvgIpc) is 3.62. The van der Waals surface area contributed by atoms with Crippen LogP contribution in [0.4, 0.5) is 17.2 Å². The molecule has 324 valence electrons. The maximum atomic E-state index is 12.5. The van der Waals surface area contributed by atoms with Crippen LogP contribution in [0.2, 0.25) is 0 Å². The fourth-order valence-corrected chi connectivity index (χ4v) is 8.24. The van der Waals surface area contributed by atoms with Gasteiger partial charge >= 0.3 is 0 Å². The summed E-state index contributed by atoms with van der Waals surface area (Å²) in [6.45, 7) is 25.9. The summed E-state index contributed by atoms with van der Waals surface area (Å²) in [5.41, 5.74) is 13.6. The fourth-order valence-electron chi connectivity index (χ4n) is 8.24. The number of pyridine rings is 3. The number of hydrogen-bond acceptors (Lipinski definition) is 5. The molecule has 0 atom stereocenters. The van der Waals surface area contributed by atoms with Gasteiger partial charge in [0, 0.05) is 44.7 Å². The van der Waals surface area contributed by atoms with Crippen molar-refractivity contribution in [1.82, 2.24) is 15.0 Å². The van der Waals surface area contributed by atoms with Crippen LogP contribution >= 0.6 is 0 Å². The van der Waals surface area contributed by atoms with E-state index in [4.69, 9.17) is 20.2 Å². The number of benzene rings is 4. The summed E-state index contributed by atoms with van der Waals surface area (Å²) < 4.78 is 0. The summed E-state index contributed by atoms with van der Waals surface area (Å²) in [5, 5.41) is 18.2. The maximum Gasteiger partial charge on any atom is 0.196 e. The second-order valence-electron chi connectivity index (χ2n) is 20.9. The Bertz CT molecular complexity index is 2780. The van der Waals surface area contributed by atoms with Crippen molar-refractivity contribution in [1.29, 1.82) is 0 Å². The summed E-state index contributed by atoms with van der Waals surface area (Å²) in [5.74, 6) is 0.963. The molecule has 0 unspecified atom stereocenters. The molecule has 1 aliphatic rings. The second-order valence-corrected chi connectivity index (χ2v) is 20.9. The van der Waals surface area contributed by atoms with Crippen molar-refractivity contribution in [2.24, 2.45) is 0 Å². The number of hydrogen-bond donors (Lipinski definition) is 1. The molecule has 0 aliphatic carbocycles. The summed E-state index contributed by atoms with van der Waals surface area (Å²) in [6, 6.07) is 42.6. The Balaban J connectivity index is 0.00000595. The number of aromatic hydroxyl groups is 1. The Morgan fingerprint density at radius 1 is 0.508 bits per heavy atom. The van der Waals surface area contributed by atoms with Crippen molar-refractivity contribution >= 4 is 29.6 Å². The van der Waals surface area contributed by atoms with Gasteiger partial charge in [0.25, 0.3) is 0 Å². The van der Waals surface area contributed by atoms with E-state index in [9.17, 15) is 5.11 Å². The molecule has 0 saturated heterocycles. The van der Waals surface area contributed by atoms with Gasteiger partial charge in [-0.05, 0) is 114 Å². The van der Waals surface area contributed by atoms with Crippen LogP contribution in [-0.4, -0.2) is 27.0 Å². The van der Waals surface area contributed by atoms with E-state index in [1.54, 1.807) is 0 Å². The molecule has 63 heavy (non-hydrogen) atoms. The van der Waals surface area contributed by atoms with Crippen molar-refractivity contribution < 1.29 is 26.2 Å². The number of anilines is 2. The molecule has 8 rings (SSSR count). The molecule has 4 aromatic carbocycles. The number of fused-ring (bicyclic) bond motifs is 1. The van der Waals surface area contributed by atoms with Crippen LogP contribution in [0.5, 0.6) is 5.75 Å². The second kappa shape index (κ2) is 16.9. The van der Waals surface area contributed by atoms with Gasteiger partial charge in [0.15, 0.2) is 6.98 Å². The van der Waals surface area contributed by atoms with Crippen molar-refractivity contribution in [3.8, 4) is 50.6 Å². The third-order valence-corrected chi connectivity index (χ3v) is 12.0. The standard InChI is InChI=1S/C55H59BN5O.Pt/c1-52(2,3)38-23-24-48(42(30-38)36-21-17-14-18-22-36)61-51-49(60-56(61)44-32-39(53(4,5)6)31-43(50(44)62)55(10,11)12)41(26-28-58-51)45-33-40(54(7,8)9)34-47(59-45)46-29-37(25-27-57-46)35-19-15-13-16-20-35;/h13-34H,1-12H3,(H-,59,60,62);/q-1;. The number of nitrogens with zero attached hydrogens (tertiary/aromatic N) is 5. The van der Waals surface area contributed by atoms with Gasteiger partial charge in [-0.15, -0.1) is 0 Å². The van der Waals surface area contributed by atoms with Gasteiger partial charge in [0.1, 0.15) is 11.6 Å². The van der Waals surface area contributed by atoms with Gasteiger partial charge < -0.3 is 15.1 Å². The molecule has 8 heteroatoms. The summed E-state index contributed by atoms with van der Waals surface area (Å²) in [7, 11) is 0. The number of phenolic OH excluding ortho intramolecular Hbond substituents is 1. The smallest absolute Gasteiger partial charge is 0.196 e. The van der Waals surface area contributed by atoms with Crippen LogP contribution < -0.4 is 10.3 Å². The zero-order valence-electron chi connectivity index (χ0n) is 38.8. The molecule has 1 aliphatic heterocycles. The first-order valence-corrected chi connectivity index (χ1v) is 21.8. The number of rotatable bonds is 6. The third kappa shape index (κ3) is 9.13. The van der Waals surface area contributed by atoms with E-state index in [1.165, 1.54) is 5.56 Å². The van der Waals surface area contributed by atoms with Crippen LogP contribution in [0.15, 0.2) is 134 Å². The number of aromatic nitrogens is 3.